The molecule has 14 nitrogen and oxygen atoms in total. The van der Waals surface area contributed by atoms with Crippen molar-refractivity contribution in [1.82, 2.24) is 0 Å². The predicted octanol–water partition coefficient (Wildman–Crippen LogP) is 7.94. The van der Waals surface area contributed by atoms with Crippen LogP contribution in [0.3, 0.4) is 0 Å². The molecule has 0 aliphatic rings. The average molecular weight is 627 g/mol. The SMILES string of the molecule is CN(CCOCCOCCN(C)c1ccc(N=Nc2ccc([N+](=O)[O-])cc2)cc1)c1ccc(N=Nc2ccc([N+](=O)[O-])cc2)cc1. The van der Waals surface area contributed by atoms with Gasteiger partial charge in [0.15, 0.2) is 0 Å². The molecule has 0 aromatic heterocycles. The summed E-state index contributed by atoms with van der Waals surface area (Å²) in [5.41, 5.74) is 4.47. The van der Waals surface area contributed by atoms with E-state index in [4.69, 9.17) is 9.47 Å². The van der Waals surface area contributed by atoms with E-state index in [9.17, 15) is 20.2 Å². The molecule has 238 valence electrons. The molecule has 4 aromatic carbocycles. The van der Waals surface area contributed by atoms with Crippen LogP contribution in [-0.4, -0.2) is 63.5 Å². The summed E-state index contributed by atoms with van der Waals surface area (Å²) >= 11 is 0. The number of ether oxygens (including phenoxy) is 2. The maximum absolute atomic E-state index is 10.8. The predicted molar refractivity (Wildman–Crippen MR) is 176 cm³/mol. The van der Waals surface area contributed by atoms with Gasteiger partial charge in [-0.05, 0) is 72.8 Å². The maximum atomic E-state index is 10.8. The Morgan fingerprint density at radius 3 is 1.07 bits per heavy atom. The van der Waals surface area contributed by atoms with Gasteiger partial charge in [-0.1, -0.05) is 0 Å². The van der Waals surface area contributed by atoms with E-state index in [0.717, 1.165) is 11.4 Å². The van der Waals surface area contributed by atoms with Crippen LogP contribution in [0.15, 0.2) is 118 Å². The van der Waals surface area contributed by atoms with Crippen LogP contribution in [0, 0.1) is 20.2 Å². The van der Waals surface area contributed by atoms with E-state index >= 15 is 0 Å². The second kappa shape index (κ2) is 17.0. The van der Waals surface area contributed by atoms with Crippen molar-refractivity contribution in [2.75, 3.05) is 63.4 Å². The lowest BCUT2D eigenvalue weighted by Crippen LogP contribution is -2.24. The Hall–Kier alpha value is -5.60. The second-order valence-corrected chi connectivity index (χ2v) is 10.0. The van der Waals surface area contributed by atoms with Gasteiger partial charge in [0.2, 0.25) is 0 Å². The molecule has 4 rings (SSSR count). The largest absolute Gasteiger partial charge is 0.377 e. The maximum Gasteiger partial charge on any atom is 0.269 e. The Labute approximate surface area is 265 Å². The van der Waals surface area contributed by atoms with Gasteiger partial charge in [0.1, 0.15) is 0 Å². The number of hydrogen-bond acceptors (Lipinski definition) is 12. The van der Waals surface area contributed by atoms with Crippen LogP contribution in [0.1, 0.15) is 0 Å². The van der Waals surface area contributed by atoms with Gasteiger partial charge in [0, 0.05) is 62.8 Å². The molecular formula is C32H34N8O6. The summed E-state index contributed by atoms with van der Waals surface area (Å²) in [4.78, 5) is 24.8. The van der Waals surface area contributed by atoms with Crippen molar-refractivity contribution in [1.29, 1.82) is 0 Å². The number of azo groups is 2. The summed E-state index contributed by atoms with van der Waals surface area (Å²) in [7, 11) is 3.97. The minimum atomic E-state index is -0.453. The standard InChI is InChI=1S/C32H34N8O6/c1-37(29-11-3-25(4-12-29)33-35-27-7-15-31(16-8-27)39(41)42)19-21-45-23-24-46-22-20-38(2)30-13-5-26(6-14-30)34-36-28-9-17-32(18-10-28)40(43)44/h3-18H,19-24H2,1-2H3. The van der Waals surface area contributed by atoms with Crippen molar-refractivity contribution in [3.05, 3.63) is 117 Å². The quantitative estimate of drug-likeness (QED) is 0.0494. The van der Waals surface area contributed by atoms with Crippen LogP contribution < -0.4 is 9.80 Å². The van der Waals surface area contributed by atoms with Gasteiger partial charge in [-0.15, -0.1) is 0 Å². The highest BCUT2D eigenvalue weighted by atomic mass is 16.6. The molecule has 0 bridgehead atoms. The molecule has 14 heteroatoms. The molecule has 46 heavy (non-hydrogen) atoms. The van der Waals surface area contributed by atoms with Gasteiger partial charge in [0.05, 0.1) is 59.0 Å². The molecule has 0 radical (unpaired) electrons. The normalized spacial score (nSPS) is 11.3. The molecule has 0 unspecified atom stereocenters. The molecule has 4 aromatic rings. The van der Waals surface area contributed by atoms with Crippen molar-refractivity contribution in [2.45, 2.75) is 0 Å². The number of likely N-dealkylation sites (N-methyl/N-ethyl adjacent to an activating group) is 2. The van der Waals surface area contributed by atoms with Gasteiger partial charge < -0.3 is 19.3 Å². The molecule has 0 atom stereocenters. The number of rotatable bonds is 17. The fraction of sp³-hybridized carbons (Fsp3) is 0.250. The lowest BCUT2D eigenvalue weighted by atomic mass is 10.2. The fourth-order valence-electron chi connectivity index (χ4n) is 4.04. The van der Waals surface area contributed by atoms with Gasteiger partial charge in [0.25, 0.3) is 11.4 Å². The number of nitrogens with zero attached hydrogens (tertiary/aromatic N) is 8. The number of non-ortho nitro benzene ring substituents is 2. The van der Waals surface area contributed by atoms with Crippen LogP contribution in [0.2, 0.25) is 0 Å². The Morgan fingerprint density at radius 2 is 0.783 bits per heavy atom. The first kappa shape index (κ1) is 33.3. The van der Waals surface area contributed by atoms with Gasteiger partial charge in [-0.3, -0.25) is 20.2 Å². The second-order valence-electron chi connectivity index (χ2n) is 10.0. The zero-order valence-corrected chi connectivity index (χ0v) is 25.5. The van der Waals surface area contributed by atoms with E-state index in [0.29, 0.717) is 62.3 Å². The van der Waals surface area contributed by atoms with E-state index in [-0.39, 0.29) is 11.4 Å². The molecule has 0 amide bonds. The van der Waals surface area contributed by atoms with Crippen molar-refractivity contribution in [2.24, 2.45) is 20.5 Å². The van der Waals surface area contributed by atoms with Gasteiger partial charge >= 0.3 is 0 Å². The summed E-state index contributed by atoms with van der Waals surface area (Å²) in [5.74, 6) is 0. The van der Waals surface area contributed by atoms with Crippen molar-refractivity contribution in [3.63, 3.8) is 0 Å². The van der Waals surface area contributed by atoms with Crippen LogP contribution in [0.5, 0.6) is 0 Å². The third-order valence-corrected chi connectivity index (χ3v) is 6.78. The molecule has 0 heterocycles. The lowest BCUT2D eigenvalue weighted by molar-refractivity contribution is -0.385. The monoisotopic (exact) mass is 626 g/mol. The number of nitro benzene ring substituents is 2. The minimum Gasteiger partial charge on any atom is -0.377 e. The number of hydrogen-bond donors (Lipinski definition) is 0. The molecule has 0 saturated heterocycles. The molecule has 0 N–H and O–H groups in total. The summed E-state index contributed by atoms with van der Waals surface area (Å²) < 4.78 is 11.5. The molecule has 0 aliphatic carbocycles. The topological polar surface area (TPSA) is 161 Å². The highest BCUT2D eigenvalue weighted by molar-refractivity contribution is 5.54. The average Bonchev–Trinajstić information content (AvgIpc) is 3.08. The molecule has 0 saturated carbocycles. The third kappa shape index (κ3) is 10.5. The zero-order chi connectivity index (χ0) is 32.7. The van der Waals surface area contributed by atoms with Crippen LogP contribution in [0.25, 0.3) is 0 Å². The van der Waals surface area contributed by atoms with E-state index < -0.39 is 9.85 Å². The highest BCUT2D eigenvalue weighted by Gasteiger charge is 2.06. The summed E-state index contributed by atoms with van der Waals surface area (Å²) in [6.07, 6.45) is 0. The Balaban J connectivity index is 1.07. The number of anilines is 2. The van der Waals surface area contributed by atoms with Crippen molar-refractivity contribution < 1.29 is 19.3 Å². The molecular weight excluding hydrogens is 592 g/mol. The van der Waals surface area contributed by atoms with Crippen molar-refractivity contribution >= 4 is 45.5 Å². The molecule has 0 spiro atoms. The number of nitro groups is 2. The third-order valence-electron chi connectivity index (χ3n) is 6.78. The van der Waals surface area contributed by atoms with Gasteiger partial charge in [-0.2, -0.15) is 20.5 Å². The smallest absolute Gasteiger partial charge is 0.269 e. The molecule has 0 fully saturated rings. The first-order valence-electron chi connectivity index (χ1n) is 14.4. The summed E-state index contributed by atoms with van der Waals surface area (Å²) in [6.45, 7) is 3.50. The first-order chi connectivity index (χ1) is 22.3. The van der Waals surface area contributed by atoms with Crippen LogP contribution in [-0.2, 0) is 9.47 Å². The highest BCUT2D eigenvalue weighted by Crippen LogP contribution is 2.25. The van der Waals surface area contributed by atoms with Gasteiger partial charge in [-0.25, -0.2) is 0 Å². The molecule has 0 aliphatic heterocycles. The Bertz CT molecular complexity index is 1490. The lowest BCUT2D eigenvalue weighted by Gasteiger charge is -2.20. The van der Waals surface area contributed by atoms with Crippen molar-refractivity contribution in [3.8, 4) is 0 Å². The van der Waals surface area contributed by atoms with E-state index in [1.54, 1.807) is 24.3 Å². The van der Waals surface area contributed by atoms with E-state index in [1.165, 1.54) is 24.3 Å². The van der Waals surface area contributed by atoms with Crippen LogP contribution in [0.4, 0.5) is 45.5 Å². The number of benzene rings is 4. The summed E-state index contributed by atoms with van der Waals surface area (Å²) in [5, 5.41) is 38.1. The van der Waals surface area contributed by atoms with Crippen LogP contribution >= 0.6 is 0 Å². The van der Waals surface area contributed by atoms with E-state index in [2.05, 4.69) is 30.3 Å². The Morgan fingerprint density at radius 1 is 0.500 bits per heavy atom. The fourth-order valence-corrected chi connectivity index (χ4v) is 4.04. The summed E-state index contributed by atoms with van der Waals surface area (Å²) in [6, 6.07) is 27.0. The van der Waals surface area contributed by atoms with E-state index in [1.807, 2.05) is 62.6 Å². The zero-order valence-electron chi connectivity index (χ0n) is 25.5. The Kier molecular flexibility index (Phi) is 12.3. The minimum absolute atomic E-state index is 0.0114. The first-order valence-corrected chi connectivity index (χ1v) is 14.4.